The highest BCUT2D eigenvalue weighted by atomic mass is 32.2. The van der Waals surface area contributed by atoms with Crippen LogP contribution in [0.5, 0.6) is 0 Å². The van der Waals surface area contributed by atoms with E-state index in [0.717, 1.165) is 12.3 Å². The van der Waals surface area contributed by atoms with Crippen molar-refractivity contribution in [3.63, 3.8) is 0 Å². The normalized spacial score (nSPS) is 12.3. The Hall–Kier alpha value is 0.220. The topological polar surface area (TPSA) is 57.6 Å². The first-order valence-electron chi connectivity index (χ1n) is 4.08. The molecule has 80 valence electrons. The van der Waals surface area contributed by atoms with E-state index in [0.29, 0.717) is 13.0 Å². The molecule has 0 radical (unpaired) electrons. The van der Waals surface area contributed by atoms with Crippen LogP contribution in [0.3, 0.4) is 0 Å². The van der Waals surface area contributed by atoms with E-state index in [1.54, 1.807) is 11.8 Å². The Kier molecular flexibility index (Phi) is 6.75. The first kappa shape index (κ1) is 13.2. The maximum atomic E-state index is 10.4. The van der Waals surface area contributed by atoms with Gasteiger partial charge in [-0.25, -0.2) is 0 Å². The largest absolute Gasteiger partial charge is 0.306 e. The lowest BCUT2D eigenvalue weighted by Gasteiger charge is -2.14. The van der Waals surface area contributed by atoms with Crippen molar-refractivity contribution in [1.29, 1.82) is 0 Å². The second-order valence-electron chi connectivity index (χ2n) is 2.94. The van der Waals surface area contributed by atoms with Crippen molar-refractivity contribution in [2.75, 3.05) is 37.9 Å². The maximum Gasteiger partial charge on any atom is 0.264 e. The van der Waals surface area contributed by atoms with Crippen LogP contribution in [0.4, 0.5) is 0 Å². The molecule has 0 aliphatic rings. The highest BCUT2D eigenvalue weighted by Gasteiger charge is 2.04. The molecule has 0 unspecified atom stereocenters. The summed E-state index contributed by atoms with van der Waals surface area (Å²) in [6.45, 7) is 1.66. The molecule has 0 amide bonds. The van der Waals surface area contributed by atoms with Crippen LogP contribution in [0.1, 0.15) is 6.42 Å². The van der Waals surface area contributed by atoms with Gasteiger partial charge in [0.05, 0.1) is 5.75 Å². The molecule has 0 atom stereocenters. The number of hydrogen-bond donors (Lipinski definition) is 1. The second kappa shape index (κ2) is 6.64. The van der Waals surface area contributed by atoms with Crippen molar-refractivity contribution < 1.29 is 13.0 Å². The number of thioether (sulfide) groups is 1. The molecule has 0 aromatic carbocycles. The van der Waals surface area contributed by atoms with Crippen molar-refractivity contribution in [2.24, 2.45) is 0 Å². The Bertz CT molecular complexity index is 216. The fraction of sp³-hybridized carbons (Fsp3) is 1.00. The van der Waals surface area contributed by atoms with Crippen LogP contribution in [0, 0.1) is 0 Å². The van der Waals surface area contributed by atoms with Crippen LogP contribution in [0.2, 0.25) is 0 Å². The van der Waals surface area contributed by atoms with Crippen LogP contribution in [-0.2, 0) is 10.1 Å². The van der Waals surface area contributed by atoms with Gasteiger partial charge in [-0.3, -0.25) is 4.55 Å². The lowest BCUT2D eigenvalue weighted by atomic mass is 10.4. The molecule has 0 aliphatic carbocycles. The van der Waals surface area contributed by atoms with Crippen LogP contribution < -0.4 is 0 Å². The van der Waals surface area contributed by atoms with E-state index in [1.165, 1.54) is 0 Å². The Morgan fingerprint density at radius 2 is 2.00 bits per heavy atom. The predicted octanol–water partition coefficient (Wildman–Crippen LogP) is 0.559. The minimum Gasteiger partial charge on any atom is -0.306 e. The molecule has 0 aromatic heterocycles. The highest BCUT2D eigenvalue weighted by Crippen LogP contribution is 1.95. The van der Waals surface area contributed by atoms with Crippen molar-refractivity contribution in [2.45, 2.75) is 6.42 Å². The summed E-state index contributed by atoms with van der Waals surface area (Å²) in [4.78, 5) is 2.06. The molecule has 0 heterocycles. The van der Waals surface area contributed by atoms with Gasteiger partial charge in [0.25, 0.3) is 10.1 Å². The smallest absolute Gasteiger partial charge is 0.264 e. The van der Waals surface area contributed by atoms with Crippen molar-refractivity contribution in [3.8, 4) is 0 Å². The first-order chi connectivity index (χ1) is 5.95. The van der Waals surface area contributed by atoms with Crippen LogP contribution in [0.25, 0.3) is 0 Å². The average molecular weight is 227 g/mol. The zero-order chi connectivity index (χ0) is 10.3. The van der Waals surface area contributed by atoms with E-state index in [2.05, 4.69) is 4.90 Å². The van der Waals surface area contributed by atoms with Gasteiger partial charge in [-0.15, -0.1) is 0 Å². The summed E-state index contributed by atoms with van der Waals surface area (Å²) in [6, 6.07) is 0. The third-order valence-corrected chi connectivity index (χ3v) is 3.01. The molecule has 1 N–H and O–H groups in total. The van der Waals surface area contributed by atoms with Crippen molar-refractivity contribution in [3.05, 3.63) is 0 Å². The predicted molar refractivity (Wildman–Crippen MR) is 56.9 cm³/mol. The molecule has 0 bridgehead atoms. The molecule has 13 heavy (non-hydrogen) atoms. The number of nitrogens with zero attached hydrogens (tertiary/aromatic N) is 1. The Morgan fingerprint density at radius 1 is 1.38 bits per heavy atom. The summed E-state index contributed by atoms with van der Waals surface area (Å²) >= 11 is 1.76. The minimum absolute atomic E-state index is 0.142. The summed E-state index contributed by atoms with van der Waals surface area (Å²) in [5.74, 6) is 0.902. The average Bonchev–Trinajstić information content (AvgIpc) is 1.98. The molecule has 6 heteroatoms. The number of hydrogen-bond acceptors (Lipinski definition) is 4. The number of rotatable bonds is 7. The van der Waals surface area contributed by atoms with E-state index in [-0.39, 0.29) is 5.75 Å². The third-order valence-electron chi connectivity index (χ3n) is 1.62. The quantitative estimate of drug-likeness (QED) is 0.644. The zero-order valence-corrected chi connectivity index (χ0v) is 9.70. The van der Waals surface area contributed by atoms with Crippen molar-refractivity contribution >= 4 is 21.9 Å². The zero-order valence-electron chi connectivity index (χ0n) is 8.06. The van der Waals surface area contributed by atoms with E-state index in [4.69, 9.17) is 4.55 Å². The molecule has 0 spiro atoms. The van der Waals surface area contributed by atoms with Gasteiger partial charge in [0.15, 0.2) is 0 Å². The standard InChI is InChI=1S/C7H17NO3S2/c1-8(5-6-12-2)4-3-7-13(9,10)11/h3-7H2,1-2H3,(H,9,10,11). The van der Waals surface area contributed by atoms with Gasteiger partial charge >= 0.3 is 0 Å². The van der Waals surface area contributed by atoms with Gasteiger partial charge in [0.1, 0.15) is 0 Å². The molecular formula is C7H17NO3S2. The van der Waals surface area contributed by atoms with Crippen LogP contribution in [-0.4, -0.2) is 55.8 Å². The molecule has 0 aromatic rings. The van der Waals surface area contributed by atoms with Gasteiger partial charge in [0, 0.05) is 12.3 Å². The van der Waals surface area contributed by atoms with E-state index in [9.17, 15) is 8.42 Å². The van der Waals surface area contributed by atoms with Gasteiger partial charge in [-0.1, -0.05) is 0 Å². The SMILES string of the molecule is CSCCN(C)CCCS(=O)(=O)O. The Morgan fingerprint density at radius 3 is 2.46 bits per heavy atom. The highest BCUT2D eigenvalue weighted by molar-refractivity contribution is 7.98. The summed E-state index contributed by atoms with van der Waals surface area (Å²) in [7, 11) is -1.83. The summed E-state index contributed by atoms with van der Waals surface area (Å²) < 4.78 is 29.2. The van der Waals surface area contributed by atoms with Crippen LogP contribution >= 0.6 is 11.8 Å². The second-order valence-corrected chi connectivity index (χ2v) is 5.49. The molecular weight excluding hydrogens is 210 g/mol. The Labute approximate surface area is 84.4 Å². The molecule has 0 rings (SSSR count). The third kappa shape index (κ3) is 10.1. The van der Waals surface area contributed by atoms with E-state index >= 15 is 0 Å². The van der Waals surface area contributed by atoms with Crippen LogP contribution in [0.15, 0.2) is 0 Å². The molecule has 0 aliphatic heterocycles. The lowest BCUT2D eigenvalue weighted by molar-refractivity contribution is 0.354. The molecule has 0 fully saturated rings. The van der Waals surface area contributed by atoms with Gasteiger partial charge in [-0.2, -0.15) is 20.2 Å². The minimum atomic E-state index is -3.77. The summed E-state index contributed by atoms with van der Waals surface area (Å²) in [5.41, 5.74) is 0. The first-order valence-corrected chi connectivity index (χ1v) is 7.08. The van der Waals surface area contributed by atoms with Gasteiger partial charge < -0.3 is 4.90 Å². The molecule has 0 saturated carbocycles. The van der Waals surface area contributed by atoms with Crippen molar-refractivity contribution in [1.82, 2.24) is 4.90 Å². The fourth-order valence-corrected chi connectivity index (χ4v) is 1.86. The Balaban J connectivity index is 3.42. The molecule has 0 saturated heterocycles. The van der Waals surface area contributed by atoms with E-state index in [1.807, 2.05) is 13.3 Å². The van der Waals surface area contributed by atoms with Gasteiger partial charge in [-0.05, 0) is 26.3 Å². The maximum absolute atomic E-state index is 10.4. The fourth-order valence-electron chi connectivity index (χ4n) is 0.876. The van der Waals surface area contributed by atoms with Gasteiger partial charge in [0.2, 0.25) is 0 Å². The lowest BCUT2D eigenvalue weighted by Crippen LogP contribution is -2.24. The monoisotopic (exact) mass is 227 g/mol. The summed E-state index contributed by atoms with van der Waals surface area (Å²) in [6.07, 6.45) is 2.52. The van der Waals surface area contributed by atoms with E-state index < -0.39 is 10.1 Å². The summed E-state index contributed by atoms with van der Waals surface area (Å²) in [5, 5.41) is 0. The molecule has 4 nitrogen and oxygen atoms in total.